The smallest absolute Gasteiger partial charge is 0.0540 e. The van der Waals surface area contributed by atoms with Crippen molar-refractivity contribution in [2.45, 2.75) is 0 Å². The first-order chi connectivity index (χ1) is 24.9. The van der Waals surface area contributed by atoms with Crippen molar-refractivity contribution in [3.63, 3.8) is 0 Å². The van der Waals surface area contributed by atoms with Gasteiger partial charge in [0.1, 0.15) is 0 Å². The van der Waals surface area contributed by atoms with E-state index < -0.39 is 0 Å². The lowest BCUT2D eigenvalue weighted by Gasteiger charge is -2.14. The molecule has 0 aliphatic heterocycles. The standard InChI is InChI=1S/C48H32N2/c1-3-17-33(18-4-1)49-43-29-11-7-21-35(43)39-25-15-27-41-37-23-9-13-31-45(37)50(34-19-5-2-6-20-34)46-32-14-10-24-38(46)42-28-16-26-40(48(42)47(39)41)36-22-8-12-30-44(36)49/h1-32H. The van der Waals surface area contributed by atoms with E-state index in [-0.39, 0.29) is 0 Å². The van der Waals surface area contributed by atoms with Gasteiger partial charge in [0.25, 0.3) is 0 Å². The molecule has 234 valence electrons. The summed E-state index contributed by atoms with van der Waals surface area (Å²) in [6.45, 7) is 0. The lowest BCUT2D eigenvalue weighted by Crippen LogP contribution is -1.97. The maximum Gasteiger partial charge on any atom is 0.0540 e. The highest BCUT2D eigenvalue weighted by atomic mass is 15.0. The fourth-order valence-electron chi connectivity index (χ4n) is 8.10. The van der Waals surface area contributed by atoms with E-state index >= 15 is 0 Å². The van der Waals surface area contributed by atoms with Crippen molar-refractivity contribution in [3.05, 3.63) is 194 Å². The topological polar surface area (TPSA) is 9.86 Å². The van der Waals surface area contributed by atoms with E-state index in [2.05, 4.69) is 203 Å². The highest BCUT2D eigenvalue weighted by Crippen LogP contribution is 2.41. The minimum Gasteiger partial charge on any atom is -0.309 e. The zero-order valence-electron chi connectivity index (χ0n) is 27.4. The van der Waals surface area contributed by atoms with Crippen LogP contribution in [0.1, 0.15) is 0 Å². The minimum atomic E-state index is 1.13. The van der Waals surface area contributed by atoms with Crippen molar-refractivity contribution in [1.82, 2.24) is 9.13 Å². The summed E-state index contributed by atoms with van der Waals surface area (Å²) in [5.74, 6) is 0. The molecule has 0 atom stereocenters. The number of benzene rings is 8. The van der Waals surface area contributed by atoms with Gasteiger partial charge in [-0.15, -0.1) is 0 Å². The Morgan fingerprint density at radius 2 is 0.440 bits per heavy atom. The van der Waals surface area contributed by atoms with Crippen molar-refractivity contribution in [1.29, 1.82) is 0 Å². The Balaban J connectivity index is 1.66. The molecule has 0 N–H and O–H groups in total. The van der Waals surface area contributed by atoms with Gasteiger partial charge in [-0.3, -0.25) is 0 Å². The molecule has 0 amide bonds. The van der Waals surface area contributed by atoms with Crippen LogP contribution < -0.4 is 0 Å². The quantitative estimate of drug-likeness (QED) is 0.179. The van der Waals surface area contributed by atoms with Crippen LogP contribution in [-0.4, -0.2) is 9.13 Å². The highest BCUT2D eigenvalue weighted by molar-refractivity contribution is 6.33. The third-order valence-corrected chi connectivity index (χ3v) is 10.1. The van der Waals surface area contributed by atoms with Crippen LogP contribution in [0.5, 0.6) is 0 Å². The summed E-state index contributed by atoms with van der Waals surface area (Å²) in [5.41, 5.74) is 6.84. The monoisotopic (exact) mass is 636 g/mol. The highest BCUT2D eigenvalue weighted by Gasteiger charge is 2.16. The third-order valence-electron chi connectivity index (χ3n) is 10.1. The zero-order valence-corrected chi connectivity index (χ0v) is 27.4. The Hall–Kier alpha value is -6.64. The summed E-state index contributed by atoms with van der Waals surface area (Å²) in [6, 6.07) is 70.9. The molecular formula is C48H32N2. The first kappa shape index (κ1) is 28.4. The van der Waals surface area contributed by atoms with Gasteiger partial charge in [0.05, 0.1) is 22.1 Å². The first-order valence-corrected chi connectivity index (χ1v) is 17.2. The van der Waals surface area contributed by atoms with Gasteiger partial charge in [0.2, 0.25) is 0 Å². The second kappa shape index (κ2) is 11.5. The number of para-hydroxylation sites is 6. The molecule has 0 fully saturated rings. The molecule has 0 radical (unpaired) electrons. The molecule has 2 heteroatoms. The molecule has 0 unspecified atom stereocenters. The Morgan fingerprint density at radius 1 is 0.200 bits per heavy atom. The maximum absolute atomic E-state index is 2.44. The Labute approximate surface area is 289 Å². The Morgan fingerprint density at radius 3 is 0.740 bits per heavy atom. The van der Waals surface area contributed by atoms with Gasteiger partial charge in [-0.1, -0.05) is 146 Å². The van der Waals surface area contributed by atoms with Crippen molar-refractivity contribution >= 4 is 75.9 Å². The van der Waals surface area contributed by atoms with Crippen molar-refractivity contribution in [3.8, 4) is 11.4 Å². The van der Waals surface area contributed by atoms with Crippen LogP contribution >= 0.6 is 0 Å². The molecule has 0 spiro atoms. The van der Waals surface area contributed by atoms with E-state index in [0.29, 0.717) is 0 Å². The van der Waals surface area contributed by atoms with Gasteiger partial charge in [-0.05, 0) is 80.8 Å². The molecule has 0 saturated heterocycles. The lowest BCUT2D eigenvalue weighted by atomic mass is 9.94. The second-order valence-corrected chi connectivity index (χ2v) is 12.9. The summed E-state index contributed by atoms with van der Waals surface area (Å²) in [6.07, 6.45) is 0. The molecule has 8 aromatic carbocycles. The predicted molar refractivity (Wildman–Crippen MR) is 214 cm³/mol. The van der Waals surface area contributed by atoms with Crippen molar-refractivity contribution in [2.75, 3.05) is 0 Å². The molecule has 10 rings (SSSR count). The zero-order chi connectivity index (χ0) is 33.0. The van der Waals surface area contributed by atoms with E-state index in [1.807, 2.05) is 0 Å². The molecule has 2 heterocycles. The number of hydrogen-bond donors (Lipinski definition) is 0. The van der Waals surface area contributed by atoms with Crippen LogP contribution in [0.3, 0.4) is 0 Å². The van der Waals surface area contributed by atoms with Crippen LogP contribution in [0, 0.1) is 0 Å². The number of hydrogen-bond acceptors (Lipinski definition) is 0. The van der Waals surface area contributed by atoms with Crippen LogP contribution in [0.2, 0.25) is 0 Å². The van der Waals surface area contributed by atoms with Crippen LogP contribution in [0.15, 0.2) is 194 Å². The fraction of sp³-hybridized carbons (Fsp3) is 0. The molecule has 0 aliphatic carbocycles. The molecule has 50 heavy (non-hydrogen) atoms. The van der Waals surface area contributed by atoms with Gasteiger partial charge < -0.3 is 9.13 Å². The van der Waals surface area contributed by atoms with E-state index in [0.717, 1.165) is 33.4 Å². The second-order valence-electron chi connectivity index (χ2n) is 12.9. The number of fused-ring (bicyclic) bond motifs is 8. The first-order valence-electron chi connectivity index (χ1n) is 17.2. The molecule has 10 aromatic rings. The number of nitrogens with zero attached hydrogens (tertiary/aromatic N) is 2. The summed E-state index contributed by atoms with van der Waals surface area (Å²) in [4.78, 5) is 0. The molecule has 0 saturated carbocycles. The van der Waals surface area contributed by atoms with Gasteiger partial charge in [-0.2, -0.15) is 0 Å². The van der Waals surface area contributed by atoms with Crippen LogP contribution in [-0.2, 0) is 0 Å². The summed E-state index contributed by atoms with van der Waals surface area (Å²) in [7, 11) is 0. The molecule has 0 aliphatic rings. The number of rotatable bonds is 2. The molecule has 2 aromatic heterocycles. The summed E-state index contributed by atoms with van der Waals surface area (Å²) < 4.78 is 4.88. The van der Waals surface area contributed by atoms with Gasteiger partial charge in [-0.25, -0.2) is 0 Å². The van der Waals surface area contributed by atoms with E-state index in [4.69, 9.17) is 0 Å². The third kappa shape index (κ3) is 4.29. The molecular weight excluding hydrogens is 605 g/mol. The van der Waals surface area contributed by atoms with Crippen LogP contribution in [0.4, 0.5) is 0 Å². The van der Waals surface area contributed by atoms with Gasteiger partial charge >= 0.3 is 0 Å². The normalized spacial score (nSPS) is 11.6. The van der Waals surface area contributed by atoms with Crippen molar-refractivity contribution < 1.29 is 0 Å². The summed E-state index contributed by atoms with van der Waals surface area (Å²) in [5, 5.41) is 12.1. The lowest BCUT2D eigenvalue weighted by molar-refractivity contribution is 1.17. The van der Waals surface area contributed by atoms with E-state index in [1.165, 1.54) is 53.9 Å². The summed E-state index contributed by atoms with van der Waals surface area (Å²) >= 11 is 0. The Bertz CT molecular complexity index is 2650. The predicted octanol–water partition coefficient (Wildman–Crippen LogP) is 13.0. The molecule has 2 nitrogen and oxygen atoms in total. The van der Waals surface area contributed by atoms with E-state index in [1.54, 1.807) is 0 Å². The number of aromatic nitrogens is 2. The van der Waals surface area contributed by atoms with Gasteiger partial charge in [0, 0.05) is 32.9 Å². The maximum atomic E-state index is 2.44. The van der Waals surface area contributed by atoms with E-state index in [9.17, 15) is 0 Å². The largest absolute Gasteiger partial charge is 0.309 e. The Kier molecular flexibility index (Phi) is 6.53. The molecule has 0 bridgehead atoms. The minimum absolute atomic E-state index is 1.13. The SMILES string of the molecule is c1ccc(-n2c3ccccc3c3cccc4c5ccccc5n(-c5ccccc5)c5ccccc5c5cccc(c6ccccc62)c5c34)cc1. The van der Waals surface area contributed by atoms with Gasteiger partial charge in [0.15, 0.2) is 0 Å². The van der Waals surface area contributed by atoms with Crippen LogP contribution in [0.25, 0.3) is 87.3 Å². The average molecular weight is 637 g/mol. The van der Waals surface area contributed by atoms with Crippen molar-refractivity contribution in [2.24, 2.45) is 0 Å². The fourth-order valence-corrected chi connectivity index (χ4v) is 8.10. The average Bonchev–Trinajstić information content (AvgIpc) is 3.26.